The Morgan fingerprint density at radius 3 is 1.21 bits per heavy atom. The number of aromatic nitrogens is 2. The molecule has 0 saturated heterocycles. The van der Waals surface area contributed by atoms with E-state index in [0.29, 0.717) is 0 Å². The summed E-state index contributed by atoms with van der Waals surface area (Å²) in [5.41, 5.74) is 45.4. The molecule has 0 radical (unpaired) electrons. The zero-order chi connectivity index (χ0) is 91.6. The number of thiophene rings is 1. The third-order valence-electron chi connectivity index (χ3n) is 31.6. The summed E-state index contributed by atoms with van der Waals surface area (Å²) in [5.74, 6) is 0. The Hall–Kier alpha value is -17.7. The fourth-order valence-electron chi connectivity index (χ4n) is 26.1. The van der Waals surface area contributed by atoms with E-state index >= 15 is 0 Å². The van der Waals surface area contributed by atoms with Crippen LogP contribution in [0.25, 0.3) is 164 Å². The van der Waals surface area contributed by atoms with E-state index in [0.717, 1.165) is 67.5 Å². The molecule has 0 fully saturated rings. The molecule has 30 rings (SSSR count). The molecule has 5 aliphatic rings. The second kappa shape index (κ2) is 30.1. The maximum absolute atomic E-state index is 2.63. The molecule has 140 heavy (non-hydrogen) atoms. The molecule has 0 bridgehead atoms. The molecule has 2 aliphatic heterocycles. The van der Waals surface area contributed by atoms with Crippen molar-refractivity contribution in [2.75, 3.05) is 9.80 Å². The summed E-state index contributed by atoms with van der Waals surface area (Å²) in [6.07, 6.45) is 0. The van der Waals surface area contributed by atoms with Gasteiger partial charge in [0.2, 0.25) is 0 Å². The summed E-state index contributed by atoms with van der Waals surface area (Å²) in [5, 5.41) is 7.46. The second-order valence-corrected chi connectivity index (χ2v) is 39.3. The van der Waals surface area contributed by atoms with Gasteiger partial charge >= 0.3 is 0 Å². The van der Waals surface area contributed by atoms with Crippen LogP contribution in [0, 0.1) is 0 Å². The highest BCUT2D eigenvalue weighted by atomic mass is 32.1. The van der Waals surface area contributed by atoms with Crippen molar-refractivity contribution < 1.29 is 0 Å². The molecule has 0 N–H and O–H groups in total. The molecule has 0 saturated carbocycles. The van der Waals surface area contributed by atoms with Gasteiger partial charge in [-0.05, 0) is 242 Å². The minimum atomic E-state index is -0.799. The number of para-hydroxylation sites is 7. The SMILES string of the molecule is c1ccc(-c2cccc(-c3ccccc3N(c3ccc4c(c3)C3(c5ccccc5-4)c4ccccc4-n4c5cccc(-c6ccc(C7(c8ccccc8)c8ccccc8-c8c(N(c9ccc%10c(c9)C9(c%11ccccc%11-%10)c%10ccccc%10-n%10c%11ccccc%11c%11cccc9c%11%10)c9ccccc9-c9cccc(-c%10ccccc%10)c9)cccc87)cc6)c5c5cccc3c54)c3ccc4sc5ccccc5c4c3)c2)cc1. The minimum Gasteiger partial charge on any atom is -0.310 e. The average molecular weight is 1790 g/mol. The maximum atomic E-state index is 2.63. The van der Waals surface area contributed by atoms with Gasteiger partial charge in [-0.3, -0.25) is 0 Å². The van der Waals surface area contributed by atoms with Crippen LogP contribution >= 0.6 is 11.3 Å². The highest BCUT2D eigenvalue weighted by Gasteiger charge is 2.55. The highest BCUT2D eigenvalue weighted by molar-refractivity contribution is 7.25. The Morgan fingerprint density at radius 1 is 0.186 bits per heavy atom. The quantitative estimate of drug-likeness (QED) is 0.114. The summed E-state index contributed by atoms with van der Waals surface area (Å²) in [4.78, 5) is 5.17. The molecule has 4 nitrogen and oxygen atoms in total. The van der Waals surface area contributed by atoms with Crippen LogP contribution in [0.2, 0.25) is 0 Å². The maximum Gasteiger partial charge on any atom is 0.0755 e. The first-order valence-corrected chi connectivity index (χ1v) is 49.5. The van der Waals surface area contributed by atoms with Gasteiger partial charge in [0.05, 0.1) is 66.7 Å². The van der Waals surface area contributed by atoms with Gasteiger partial charge in [-0.25, -0.2) is 0 Å². The fourth-order valence-corrected chi connectivity index (χ4v) is 27.2. The van der Waals surface area contributed by atoms with Crippen molar-refractivity contribution >= 4 is 109 Å². The monoisotopic (exact) mass is 1790 g/mol. The largest absolute Gasteiger partial charge is 0.310 e. The van der Waals surface area contributed by atoms with E-state index in [2.05, 4.69) is 529 Å². The summed E-state index contributed by atoms with van der Waals surface area (Å²) in [6.45, 7) is 0. The Kier molecular flexibility index (Phi) is 16.9. The number of rotatable bonds is 13. The molecule has 25 aromatic rings. The molecule has 0 amide bonds. The topological polar surface area (TPSA) is 16.3 Å². The first-order chi connectivity index (χ1) is 69.5. The van der Waals surface area contributed by atoms with Gasteiger partial charge in [0.1, 0.15) is 0 Å². The van der Waals surface area contributed by atoms with Crippen LogP contribution in [0.1, 0.15) is 66.8 Å². The van der Waals surface area contributed by atoms with Crippen LogP contribution in [-0.4, -0.2) is 9.13 Å². The lowest BCUT2D eigenvalue weighted by Crippen LogP contribution is -2.33. The van der Waals surface area contributed by atoms with E-state index in [-0.39, 0.29) is 0 Å². The van der Waals surface area contributed by atoms with Crippen molar-refractivity contribution in [1.29, 1.82) is 0 Å². The number of anilines is 6. The van der Waals surface area contributed by atoms with Crippen molar-refractivity contribution in [3.8, 4) is 100 Å². The Balaban J connectivity index is 0.601. The summed E-state index contributed by atoms with van der Waals surface area (Å²) < 4.78 is 7.72. The predicted molar refractivity (Wildman–Crippen MR) is 584 cm³/mol. The van der Waals surface area contributed by atoms with Crippen molar-refractivity contribution in [3.05, 3.63) is 576 Å². The zero-order valence-corrected chi connectivity index (χ0v) is 77.0. The molecule has 3 unspecified atom stereocenters. The van der Waals surface area contributed by atoms with Crippen LogP contribution in [0.5, 0.6) is 0 Å². The van der Waals surface area contributed by atoms with Gasteiger partial charge in [-0.1, -0.05) is 406 Å². The minimum absolute atomic E-state index is 0.706. The number of benzene rings is 22. The molecule has 5 heteroatoms. The molecular formula is C135H84N4S. The van der Waals surface area contributed by atoms with Crippen LogP contribution in [0.15, 0.2) is 510 Å². The van der Waals surface area contributed by atoms with Crippen molar-refractivity contribution in [3.63, 3.8) is 0 Å². The molecule has 3 aromatic heterocycles. The number of hydrogen-bond acceptors (Lipinski definition) is 3. The van der Waals surface area contributed by atoms with E-state index in [9.17, 15) is 0 Å². The molecule has 2 spiro atoms. The predicted octanol–water partition coefficient (Wildman–Crippen LogP) is 35.2. The summed E-state index contributed by atoms with van der Waals surface area (Å²) >= 11 is 1.86. The van der Waals surface area contributed by atoms with Crippen LogP contribution in [-0.2, 0) is 16.2 Å². The first-order valence-electron chi connectivity index (χ1n) is 48.7. The number of nitrogens with zero attached hydrogens (tertiary/aromatic N) is 4. The Labute approximate surface area is 815 Å². The summed E-state index contributed by atoms with van der Waals surface area (Å²) in [7, 11) is 0. The van der Waals surface area contributed by atoms with Crippen molar-refractivity contribution in [2.45, 2.75) is 16.2 Å². The summed E-state index contributed by atoms with van der Waals surface area (Å²) in [6, 6.07) is 194. The van der Waals surface area contributed by atoms with E-state index in [1.54, 1.807) is 0 Å². The molecule has 5 heterocycles. The van der Waals surface area contributed by atoms with Gasteiger partial charge < -0.3 is 18.9 Å². The number of fused-ring (bicyclic) bond motifs is 30. The van der Waals surface area contributed by atoms with Gasteiger partial charge in [-0.15, -0.1) is 11.3 Å². The Morgan fingerprint density at radius 2 is 0.579 bits per heavy atom. The molecular weight excluding hydrogens is 1710 g/mol. The van der Waals surface area contributed by atoms with E-state index in [1.807, 2.05) is 11.3 Å². The fraction of sp³-hybridized carbons (Fsp3) is 0.0222. The molecule has 22 aromatic carbocycles. The van der Waals surface area contributed by atoms with Crippen LogP contribution in [0.3, 0.4) is 0 Å². The first kappa shape index (κ1) is 78.6. The van der Waals surface area contributed by atoms with E-state index in [4.69, 9.17) is 0 Å². The van der Waals surface area contributed by atoms with Crippen molar-refractivity contribution in [1.82, 2.24) is 9.13 Å². The third-order valence-corrected chi connectivity index (χ3v) is 32.7. The van der Waals surface area contributed by atoms with Gasteiger partial charge in [0.25, 0.3) is 0 Å². The smallest absolute Gasteiger partial charge is 0.0755 e. The van der Waals surface area contributed by atoms with Crippen LogP contribution < -0.4 is 9.80 Å². The second-order valence-electron chi connectivity index (χ2n) is 38.2. The number of hydrogen-bond donors (Lipinski definition) is 0. The van der Waals surface area contributed by atoms with Gasteiger partial charge in [0.15, 0.2) is 0 Å². The molecule has 3 aliphatic carbocycles. The molecule has 3 atom stereocenters. The van der Waals surface area contributed by atoms with E-state index < -0.39 is 16.2 Å². The highest BCUT2D eigenvalue weighted by Crippen LogP contribution is 2.67. The van der Waals surface area contributed by atoms with Crippen molar-refractivity contribution in [2.24, 2.45) is 0 Å². The zero-order valence-electron chi connectivity index (χ0n) is 76.2. The van der Waals surface area contributed by atoms with Crippen LogP contribution in [0.4, 0.5) is 34.1 Å². The lowest BCUT2D eigenvalue weighted by Gasteiger charge is -2.40. The lowest BCUT2D eigenvalue weighted by atomic mass is 9.65. The van der Waals surface area contributed by atoms with Gasteiger partial charge in [-0.2, -0.15) is 0 Å². The Bertz CT molecular complexity index is 9550. The lowest BCUT2D eigenvalue weighted by molar-refractivity contribution is 0.748. The molecule has 650 valence electrons. The van der Waals surface area contributed by atoms with Gasteiger partial charge in [0, 0.05) is 75.5 Å². The third kappa shape index (κ3) is 10.8. The van der Waals surface area contributed by atoms with E-state index in [1.165, 1.54) is 198 Å². The normalized spacial score (nSPS) is 15.7. The standard InChI is InChI=1S/C135H84N4S/c1-4-34-85(35-5-1)88-38-28-40-90(80-88)97-44-13-22-62-120(97)136(94-76-79-128-109(82-94)105-49-16-27-69-127(105)140-128)95-74-77-102-100-46-11-18-55-111(100)135(118(102)83-95)114-58-21-26-66-124(114)139-125-67-32-51-99(129(125)108-53-31-61-117(135)132(108)139)87-70-72-93(73-71-87)133(92-42-8-3-9-43-92)112-56-19-12-50-107(112)130-115(133)59-33-68-126(130)137(121-63-23-14-45-98(121)91-41-29-39-89(81-91)86-36-6-2-7-37-86)96-75-78-103-101-47-10-17-54-110(101)134(119(103)84-96)113-57-20-25-65-123(113)138-122-64-24-15-48-104(122)106-52-30-60-116(134)131(106)138/h1-84H. The average Bonchev–Trinajstić information content (AvgIpc) is 1.49.